The lowest BCUT2D eigenvalue weighted by Crippen LogP contribution is -2.14. The minimum atomic E-state index is -4.76. The van der Waals surface area contributed by atoms with Gasteiger partial charge in [0.2, 0.25) is 10.0 Å². The van der Waals surface area contributed by atoms with E-state index in [9.17, 15) is 26.0 Å². The van der Waals surface area contributed by atoms with Crippen LogP contribution in [0.3, 0.4) is 0 Å². The van der Waals surface area contributed by atoms with Crippen molar-refractivity contribution >= 4 is 10.0 Å². The Morgan fingerprint density at radius 1 is 1.09 bits per heavy atom. The highest BCUT2D eigenvalue weighted by Crippen LogP contribution is 2.35. The zero-order valence-electron chi connectivity index (χ0n) is 16.3. The maximum atomic E-state index is 14.3. The van der Waals surface area contributed by atoms with Crippen molar-refractivity contribution in [2.45, 2.75) is 18.0 Å². The molecule has 0 saturated carbocycles. The molecule has 32 heavy (non-hydrogen) atoms. The summed E-state index contributed by atoms with van der Waals surface area (Å²) in [4.78, 5) is 3.28. The number of rotatable bonds is 4. The van der Waals surface area contributed by atoms with Crippen LogP contribution in [0.15, 0.2) is 64.4 Å². The number of nitrogens with two attached hydrogens (primary N) is 1. The van der Waals surface area contributed by atoms with Gasteiger partial charge in [0.1, 0.15) is 22.7 Å². The van der Waals surface area contributed by atoms with Crippen LogP contribution >= 0.6 is 0 Å². The largest absolute Gasteiger partial charge is 0.451 e. The summed E-state index contributed by atoms with van der Waals surface area (Å²) in [6, 6.07) is 8.45. The monoisotopic (exact) mass is 466 g/mol. The van der Waals surface area contributed by atoms with E-state index in [1.165, 1.54) is 12.7 Å². The minimum Gasteiger partial charge on any atom is -0.451 e. The van der Waals surface area contributed by atoms with E-state index in [2.05, 4.69) is 10.1 Å². The van der Waals surface area contributed by atoms with Crippen LogP contribution in [0.2, 0.25) is 0 Å². The lowest BCUT2D eigenvalue weighted by molar-refractivity contribution is -0.141. The van der Waals surface area contributed by atoms with E-state index < -0.39 is 32.6 Å². The van der Waals surface area contributed by atoms with Crippen LogP contribution in [0.1, 0.15) is 11.3 Å². The molecule has 2 N–H and O–H groups in total. The lowest BCUT2D eigenvalue weighted by atomic mass is 10.0. The maximum absolute atomic E-state index is 14.3. The number of benzene rings is 2. The Morgan fingerprint density at radius 2 is 1.84 bits per heavy atom. The third-order valence-corrected chi connectivity index (χ3v) is 5.64. The first-order chi connectivity index (χ1) is 14.9. The second-order valence-electron chi connectivity index (χ2n) is 6.89. The standard InChI is InChI=1S/C20H14F4N4O3S/c1-11-6-12(2-4-14(11)16-9-31-10-26-16)17-8-19(20(22,23)24)27-28(17)13-3-5-18(15(21)7-13)32(25,29)30/h2-10H,1H3,(H2,25,29,30). The van der Waals surface area contributed by atoms with Gasteiger partial charge in [-0.05, 0) is 36.8 Å². The van der Waals surface area contributed by atoms with Crippen LogP contribution in [0.4, 0.5) is 17.6 Å². The Labute approximate surface area is 179 Å². The highest BCUT2D eigenvalue weighted by atomic mass is 32.2. The average Bonchev–Trinajstić information content (AvgIpc) is 3.36. The third kappa shape index (κ3) is 4.01. The number of hydrogen-bond acceptors (Lipinski definition) is 5. The molecular weight excluding hydrogens is 452 g/mol. The van der Waals surface area contributed by atoms with Crippen molar-refractivity contribution in [3.8, 4) is 28.2 Å². The van der Waals surface area contributed by atoms with Gasteiger partial charge in [-0.25, -0.2) is 27.6 Å². The molecule has 0 spiro atoms. The van der Waals surface area contributed by atoms with Crippen molar-refractivity contribution in [1.29, 1.82) is 0 Å². The van der Waals surface area contributed by atoms with Gasteiger partial charge in [0, 0.05) is 17.2 Å². The Hall–Kier alpha value is -3.51. The molecule has 2 aromatic heterocycles. The molecule has 0 aliphatic rings. The average molecular weight is 466 g/mol. The number of oxazole rings is 1. The van der Waals surface area contributed by atoms with Crippen LogP contribution in [0, 0.1) is 12.7 Å². The molecule has 2 heterocycles. The minimum absolute atomic E-state index is 0.0230. The third-order valence-electron chi connectivity index (χ3n) is 4.70. The number of halogens is 4. The normalized spacial score (nSPS) is 12.3. The smallest absolute Gasteiger partial charge is 0.435 e. The Balaban J connectivity index is 1.88. The molecule has 0 fully saturated rings. The van der Waals surface area contributed by atoms with E-state index in [0.717, 1.165) is 28.9 Å². The number of hydrogen-bond donors (Lipinski definition) is 1. The zero-order valence-corrected chi connectivity index (χ0v) is 17.1. The van der Waals surface area contributed by atoms with E-state index in [-0.39, 0.29) is 11.4 Å². The van der Waals surface area contributed by atoms with Gasteiger partial charge in [-0.15, -0.1) is 0 Å². The summed E-state index contributed by atoms with van der Waals surface area (Å²) in [5.41, 5.74) is 1.06. The quantitative estimate of drug-likeness (QED) is 0.452. The number of sulfonamides is 1. The first-order valence-electron chi connectivity index (χ1n) is 8.95. The molecule has 0 aliphatic carbocycles. The zero-order chi connectivity index (χ0) is 23.3. The molecule has 4 aromatic rings. The number of aryl methyl sites for hydroxylation is 1. The van der Waals surface area contributed by atoms with Crippen LogP contribution in [-0.2, 0) is 16.2 Å². The van der Waals surface area contributed by atoms with Gasteiger partial charge in [-0.2, -0.15) is 18.3 Å². The number of aromatic nitrogens is 3. The van der Waals surface area contributed by atoms with Crippen LogP contribution in [-0.4, -0.2) is 23.2 Å². The highest BCUT2D eigenvalue weighted by molar-refractivity contribution is 7.89. The van der Waals surface area contributed by atoms with E-state index in [4.69, 9.17) is 9.56 Å². The molecule has 0 saturated heterocycles. The summed E-state index contributed by atoms with van der Waals surface area (Å²) in [6.07, 6.45) is -2.06. The number of nitrogens with zero attached hydrogens (tertiary/aromatic N) is 3. The summed E-state index contributed by atoms with van der Waals surface area (Å²) in [5, 5.41) is 8.53. The van der Waals surface area contributed by atoms with Gasteiger partial charge in [-0.1, -0.05) is 12.1 Å². The molecule has 0 bridgehead atoms. The van der Waals surface area contributed by atoms with Gasteiger partial charge in [0.15, 0.2) is 12.1 Å². The summed E-state index contributed by atoms with van der Waals surface area (Å²) in [6.45, 7) is 1.75. The molecule has 4 rings (SSSR count). The Bertz CT molecular complexity index is 1410. The second kappa shape index (κ2) is 7.57. The molecule has 0 radical (unpaired) electrons. The van der Waals surface area contributed by atoms with Crippen molar-refractivity contribution in [1.82, 2.24) is 14.8 Å². The van der Waals surface area contributed by atoms with Crippen LogP contribution in [0.25, 0.3) is 28.2 Å². The fourth-order valence-electron chi connectivity index (χ4n) is 3.23. The van der Waals surface area contributed by atoms with E-state index in [0.29, 0.717) is 22.4 Å². The summed E-state index contributed by atoms with van der Waals surface area (Å²) in [7, 11) is -4.34. The van der Waals surface area contributed by atoms with Crippen LogP contribution < -0.4 is 5.14 Å². The fraction of sp³-hybridized carbons (Fsp3) is 0.100. The molecule has 7 nitrogen and oxygen atoms in total. The van der Waals surface area contributed by atoms with Gasteiger partial charge in [0.25, 0.3) is 0 Å². The van der Waals surface area contributed by atoms with E-state index >= 15 is 0 Å². The molecule has 12 heteroatoms. The second-order valence-corrected chi connectivity index (χ2v) is 8.42. The van der Waals surface area contributed by atoms with Gasteiger partial charge >= 0.3 is 6.18 Å². The summed E-state index contributed by atoms with van der Waals surface area (Å²) >= 11 is 0. The topological polar surface area (TPSA) is 104 Å². The molecule has 0 amide bonds. The molecule has 0 atom stereocenters. The summed E-state index contributed by atoms with van der Waals surface area (Å²) in [5.74, 6) is -1.21. The van der Waals surface area contributed by atoms with E-state index in [1.54, 1.807) is 25.1 Å². The number of primary sulfonamides is 1. The molecular formula is C20H14F4N4O3S. The molecule has 166 valence electrons. The molecule has 0 unspecified atom stereocenters. The van der Waals surface area contributed by atoms with E-state index in [1.807, 2.05) is 0 Å². The lowest BCUT2D eigenvalue weighted by Gasteiger charge is -2.11. The summed E-state index contributed by atoms with van der Waals surface area (Å²) < 4.78 is 83.2. The van der Waals surface area contributed by atoms with Gasteiger partial charge < -0.3 is 4.42 Å². The van der Waals surface area contributed by atoms with Crippen LogP contribution in [0.5, 0.6) is 0 Å². The van der Waals surface area contributed by atoms with Crippen molar-refractivity contribution in [2.75, 3.05) is 0 Å². The van der Waals surface area contributed by atoms with Crippen molar-refractivity contribution < 1.29 is 30.4 Å². The predicted molar refractivity (Wildman–Crippen MR) is 106 cm³/mol. The fourth-order valence-corrected chi connectivity index (χ4v) is 3.82. The molecule has 2 aromatic carbocycles. The first-order valence-corrected chi connectivity index (χ1v) is 10.5. The maximum Gasteiger partial charge on any atom is 0.435 e. The number of alkyl halides is 3. The van der Waals surface area contributed by atoms with Crippen molar-refractivity contribution in [3.63, 3.8) is 0 Å². The van der Waals surface area contributed by atoms with Crippen molar-refractivity contribution in [3.05, 3.63) is 72.2 Å². The highest BCUT2D eigenvalue weighted by Gasteiger charge is 2.35. The Kier molecular flexibility index (Phi) is 5.13. The van der Waals surface area contributed by atoms with Gasteiger partial charge in [0.05, 0.1) is 11.4 Å². The first kappa shape index (κ1) is 21.7. The van der Waals surface area contributed by atoms with Crippen molar-refractivity contribution in [2.24, 2.45) is 5.14 Å². The predicted octanol–water partition coefficient (Wildman–Crippen LogP) is 4.31. The Morgan fingerprint density at radius 3 is 2.41 bits per heavy atom. The molecule has 0 aliphatic heterocycles. The van der Waals surface area contributed by atoms with Gasteiger partial charge in [-0.3, -0.25) is 0 Å². The SMILES string of the molecule is Cc1cc(-c2cc(C(F)(F)F)nn2-c2ccc(S(N)(=O)=O)c(F)c2)ccc1-c1cocn1.